The van der Waals surface area contributed by atoms with E-state index in [1.54, 1.807) is 13.2 Å². The first-order valence-corrected chi connectivity index (χ1v) is 6.90. The van der Waals surface area contributed by atoms with Gasteiger partial charge in [-0.05, 0) is 32.4 Å². The van der Waals surface area contributed by atoms with E-state index in [0.29, 0.717) is 25.4 Å². The van der Waals surface area contributed by atoms with Gasteiger partial charge in [-0.3, -0.25) is 0 Å². The molecule has 1 aromatic carbocycles. The van der Waals surface area contributed by atoms with Gasteiger partial charge in [0.1, 0.15) is 0 Å². The fourth-order valence-corrected chi connectivity index (χ4v) is 1.86. The predicted molar refractivity (Wildman–Crippen MR) is 74.7 cm³/mol. The monoisotopic (exact) mass is 287 g/mol. The topological polar surface area (TPSA) is 30.5 Å². The number of benzene rings is 1. The van der Waals surface area contributed by atoms with Crippen molar-refractivity contribution in [1.82, 2.24) is 5.32 Å². The maximum atomic E-state index is 13.6. The van der Waals surface area contributed by atoms with Crippen LogP contribution in [0.5, 0.6) is 0 Å². The lowest BCUT2D eigenvalue weighted by Gasteiger charge is -2.15. The maximum absolute atomic E-state index is 13.6. The highest BCUT2D eigenvalue weighted by molar-refractivity contribution is 5.21. The molecule has 0 aliphatic heterocycles. The second-order valence-corrected chi connectivity index (χ2v) is 4.63. The fraction of sp³-hybridized carbons (Fsp3) is 0.600. The van der Waals surface area contributed by atoms with Gasteiger partial charge in [0.15, 0.2) is 11.6 Å². The Balaban J connectivity index is 2.17. The minimum Gasteiger partial charge on any atom is -0.382 e. The lowest BCUT2D eigenvalue weighted by atomic mass is 10.1. The minimum atomic E-state index is -0.803. The van der Waals surface area contributed by atoms with Crippen LogP contribution in [0.3, 0.4) is 0 Å². The van der Waals surface area contributed by atoms with Crippen LogP contribution in [-0.4, -0.2) is 33.5 Å². The van der Waals surface area contributed by atoms with Gasteiger partial charge in [0.2, 0.25) is 0 Å². The zero-order valence-corrected chi connectivity index (χ0v) is 12.1. The summed E-state index contributed by atoms with van der Waals surface area (Å²) in [7, 11) is 1.64. The smallest absolute Gasteiger partial charge is 0.163 e. The molecule has 0 aliphatic rings. The van der Waals surface area contributed by atoms with Crippen LogP contribution in [0.4, 0.5) is 8.78 Å². The number of rotatable bonds is 10. The van der Waals surface area contributed by atoms with Crippen LogP contribution in [0, 0.1) is 11.6 Å². The molecule has 0 saturated heterocycles. The van der Waals surface area contributed by atoms with Crippen molar-refractivity contribution in [2.24, 2.45) is 0 Å². The van der Waals surface area contributed by atoms with Crippen LogP contribution in [-0.2, 0) is 9.47 Å². The molecule has 0 amide bonds. The van der Waals surface area contributed by atoms with E-state index in [0.717, 1.165) is 25.5 Å². The summed E-state index contributed by atoms with van der Waals surface area (Å²) in [5.74, 6) is -1.57. The van der Waals surface area contributed by atoms with Crippen LogP contribution in [0.2, 0.25) is 0 Å². The van der Waals surface area contributed by atoms with E-state index >= 15 is 0 Å². The van der Waals surface area contributed by atoms with E-state index in [4.69, 9.17) is 9.47 Å². The number of halogens is 2. The third-order valence-electron chi connectivity index (χ3n) is 3.05. The van der Waals surface area contributed by atoms with E-state index in [9.17, 15) is 8.78 Å². The van der Waals surface area contributed by atoms with Crippen molar-refractivity contribution in [3.63, 3.8) is 0 Å². The van der Waals surface area contributed by atoms with Gasteiger partial charge >= 0.3 is 0 Å². The second kappa shape index (κ2) is 9.80. The molecule has 20 heavy (non-hydrogen) atoms. The second-order valence-electron chi connectivity index (χ2n) is 4.63. The Kier molecular flexibility index (Phi) is 8.34. The average molecular weight is 287 g/mol. The number of unbranched alkanes of at least 4 members (excludes halogenated alkanes) is 1. The largest absolute Gasteiger partial charge is 0.382 e. The lowest BCUT2D eigenvalue weighted by molar-refractivity contribution is 0.0687. The molecule has 5 heteroatoms. The third kappa shape index (κ3) is 5.94. The number of hydrogen-bond acceptors (Lipinski definition) is 3. The molecule has 1 aromatic rings. The van der Waals surface area contributed by atoms with Gasteiger partial charge in [0, 0.05) is 25.3 Å². The molecular weight excluding hydrogens is 264 g/mol. The fourth-order valence-electron chi connectivity index (χ4n) is 1.86. The first kappa shape index (κ1) is 17.0. The summed E-state index contributed by atoms with van der Waals surface area (Å²) in [6, 6.07) is 4.04. The van der Waals surface area contributed by atoms with Crippen LogP contribution in [0.25, 0.3) is 0 Å². The van der Waals surface area contributed by atoms with Gasteiger partial charge in [-0.1, -0.05) is 12.1 Å². The molecule has 0 bridgehead atoms. The molecule has 1 N–H and O–H groups in total. The van der Waals surface area contributed by atoms with Crippen molar-refractivity contribution in [3.8, 4) is 0 Å². The van der Waals surface area contributed by atoms with Crippen molar-refractivity contribution < 1.29 is 18.3 Å². The molecule has 0 heterocycles. The first-order chi connectivity index (χ1) is 9.66. The highest BCUT2D eigenvalue weighted by Gasteiger charge is 2.13. The molecule has 1 unspecified atom stereocenters. The van der Waals surface area contributed by atoms with Crippen molar-refractivity contribution >= 4 is 0 Å². The molecule has 0 aliphatic carbocycles. The first-order valence-electron chi connectivity index (χ1n) is 6.90. The average Bonchev–Trinajstić information content (AvgIpc) is 2.44. The Labute approximate surface area is 119 Å². The van der Waals surface area contributed by atoms with Gasteiger partial charge in [-0.15, -0.1) is 0 Å². The van der Waals surface area contributed by atoms with Gasteiger partial charge < -0.3 is 14.8 Å². The van der Waals surface area contributed by atoms with Crippen molar-refractivity contribution in [2.75, 3.05) is 33.5 Å². The summed E-state index contributed by atoms with van der Waals surface area (Å²) >= 11 is 0. The van der Waals surface area contributed by atoms with Crippen molar-refractivity contribution in [3.05, 3.63) is 35.4 Å². The van der Waals surface area contributed by atoms with Gasteiger partial charge in [-0.2, -0.15) is 0 Å². The van der Waals surface area contributed by atoms with Gasteiger partial charge in [0.05, 0.1) is 13.2 Å². The quantitative estimate of drug-likeness (QED) is 0.671. The SMILES string of the molecule is COCCOCCCCNC(C)c1cccc(F)c1F. The summed E-state index contributed by atoms with van der Waals surface area (Å²) in [5.41, 5.74) is 0.362. The van der Waals surface area contributed by atoms with Gasteiger partial charge in [-0.25, -0.2) is 8.78 Å². The maximum Gasteiger partial charge on any atom is 0.163 e. The zero-order chi connectivity index (χ0) is 14.8. The highest BCUT2D eigenvalue weighted by Crippen LogP contribution is 2.18. The molecule has 0 spiro atoms. The normalized spacial score (nSPS) is 12.6. The number of hydrogen-bond donors (Lipinski definition) is 1. The van der Waals surface area contributed by atoms with E-state index in [1.165, 1.54) is 6.07 Å². The summed E-state index contributed by atoms with van der Waals surface area (Å²) in [6.45, 7) is 4.47. The summed E-state index contributed by atoms with van der Waals surface area (Å²) in [4.78, 5) is 0. The number of ether oxygens (including phenoxy) is 2. The number of methoxy groups -OCH3 is 1. The Morgan fingerprint density at radius 3 is 2.70 bits per heavy atom. The zero-order valence-electron chi connectivity index (χ0n) is 12.1. The van der Waals surface area contributed by atoms with Crippen LogP contribution < -0.4 is 5.32 Å². The highest BCUT2D eigenvalue weighted by atomic mass is 19.2. The molecule has 0 fully saturated rings. The molecule has 0 saturated carbocycles. The summed E-state index contributed by atoms with van der Waals surface area (Å²) in [5, 5.41) is 3.18. The standard InChI is InChI=1S/C15H23F2NO2/c1-12(13-6-5-7-14(16)15(13)17)18-8-3-4-9-20-11-10-19-2/h5-7,12,18H,3-4,8-11H2,1-2H3. The lowest BCUT2D eigenvalue weighted by Crippen LogP contribution is -2.21. The van der Waals surface area contributed by atoms with E-state index in [-0.39, 0.29) is 6.04 Å². The van der Waals surface area contributed by atoms with Gasteiger partial charge in [0.25, 0.3) is 0 Å². The predicted octanol–water partition coefficient (Wildman–Crippen LogP) is 3.06. The molecule has 1 rings (SSSR count). The minimum absolute atomic E-state index is 0.208. The molecule has 0 aromatic heterocycles. The number of nitrogens with one attached hydrogen (secondary N) is 1. The Bertz CT molecular complexity index is 388. The van der Waals surface area contributed by atoms with Crippen LogP contribution in [0.15, 0.2) is 18.2 Å². The Morgan fingerprint density at radius 1 is 1.15 bits per heavy atom. The van der Waals surface area contributed by atoms with Crippen molar-refractivity contribution in [2.45, 2.75) is 25.8 Å². The van der Waals surface area contributed by atoms with E-state index < -0.39 is 11.6 Å². The Hall–Kier alpha value is -1.04. The van der Waals surface area contributed by atoms with E-state index in [1.807, 2.05) is 6.92 Å². The van der Waals surface area contributed by atoms with Crippen LogP contribution in [0.1, 0.15) is 31.4 Å². The summed E-state index contributed by atoms with van der Waals surface area (Å²) < 4.78 is 36.9. The van der Waals surface area contributed by atoms with Crippen molar-refractivity contribution in [1.29, 1.82) is 0 Å². The van der Waals surface area contributed by atoms with Crippen LogP contribution >= 0.6 is 0 Å². The third-order valence-corrected chi connectivity index (χ3v) is 3.05. The summed E-state index contributed by atoms with van der Waals surface area (Å²) in [6.07, 6.45) is 1.85. The Morgan fingerprint density at radius 2 is 1.95 bits per heavy atom. The molecule has 114 valence electrons. The molecular formula is C15H23F2NO2. The molecule has 3 nitrogen and oxygen atoms in total. The molecule has 1 atom stereocenters. The molecule has 0 radical (unpaired) electrons. The van der Waals surface area contributed by atoms with E-state index in [2.05, 4.69) is 5.32 Å².